The quantitative estimate of drug-likeness (QED) is 0.344. The highest BCUT2D eigenvalue weighted by Gasteiger charge is 2.36. The number of carbonyl (C=O) groups is 3. The van der Waals surface area contributed by atoms with Gasteiger partial charge in [0.05, 0.1) is 35.1 Å². The van der Waals surface area contributed by atoms with E-state index < -0.39 is 11.2 Å². The number of aliphatic imine (C=N–C) groups is 1. The average molecular weight is 556 g/mol. The van der Waals surface area contributed by atoms with Crippen LogP contribution in [0.2, 0.25) is 10.0 Å². The number of benzene rings is 3. The minimum absolute atomic E-state index is 0.0216. The van der Waals surface area contributed by atoms with Crippen LogP contribution in [0.3, 0.4) is 0 Å². The summed E-state index contributed by atoms with van der Waals surface area (Å²) in [5, 5.41) is 3.36. The van der Waals surface area contributed by atoms with Crippen molar-refractivity contribution in [3.63, 3.8) is 0 Å². The fraction of sp³-hybridized carbons (Fsp3) is 0.185. The molecule has 1 aliphatic rings. The molecule has 0 aromatic heterocycles. The van der Waals surface area contributed by atoms with Crippen molar-refractivity contribution in [3.05, 3.63) is 94.0 Å². The Kier molecular flexibility index (Phi) is 8.87. The normalized spacial score (nSPS) is 16.5. The number of nitrogens with zero attached hydrogens (tertiary/aromatic N) is 2. The Labute approximate surface area is 228 Å². The molecule has 1 heterocycles. The Hall–Kier alpha value is -3.33. The maximum Gasteiger partial charge on any atom is 0.338 e. The molecule has 3 aromatic carbocycles. The second-order valence-corrected chi connectivity index (χ2v) is 10.00. The van der Waals surface area contributed by atoms with Crippen molar-refractivity contribution in [2.75, 3.05) is 11.9 Å². The second kappa shape index (κ2) is 12.3. The lowest BCUT2D eigenvalue weighted by atomic mass is 10.2. The first-order chi connectivity index (χ1) is 17.9. The van der Waals surface area contributed by atoms with Crippen molar-refractivity contribution in [2.24, 2.45) is 4.99 Å². The van der Waals surface area contributed by atoms with Gasteiger partial charge in [-0.15, -0.1) is 0 Å². The lowest BCUT2D eigenvalue weighted by Gasteiger charge is -2.32. The third-order valence-electron chi connectivity index (χ3n) is 5.45. The highest BCUT2D eigenvalue weighted by Crippen LogP contribution is 2.32. The Balaban J connectivity index is 1.62. The van der Waals surface area contributed by atoms with Gasteiger partial charge in [0, 0.05) is 11.4 Å². The monoisotopic (exact) mass is 555 g/mol. The fourth-order valence-electron chi connectivity index (χ4n) is 3.57. The van der Waals surface area contributed by atoms with Gasteiger partial charge < -0.3 is 10.1 Å². The lowest BCUT2D eigenvalue weighted by Crippen LogP contribution is -2.44. The van der Waals surface area contributed by atoms with Gasteiger partial charge in [0.2, 0.25) is 11.8 Å². The molecule has 1 fully saturated rings. The number of rotatable bonds is 7. The lowest BCUT2D eigenvalue weighted by molar-refractivity contribution is -0.129. The molecule has 1 atom stereocenters. The van der Waals surface area contributed by atoms with Crippen LogP contribution >= 0.6 is 35.0 Å². The van der Waals surface area contributed by atoms with Crippen LogP contribution in [-0.4, -0.2) is 39.7 Å². The van der Waals surface area contributed by atoms with E-state index in [0.717, 1.165) is 5.56 Å². The minimum Gasteiger partial charge on any atom is -0.462 e. The molecule has 7 nitrogen and oxygen atoms in total. The summed E-state index contributed by atoms with van der Waals surface area (Å²) >= 11 is 13.7. The molecule has 2 amide bonds. The van der Waals surface area contributed by atoms with E-state index in [0.29, 0.717) is 32.2 Å². The molecule has 10 heteroatoms. The molecule has 37 heavy (non-hydrogen) atoms. The number of para-hydroxylation sites is 1. The molecular weight excluding hydrogens is 533 g/mol. The first-order valence-corrected chi connectivity index (χ1v) is 13.1. The molecule has 3 aromatic rings. The van der Waals surface area contributed by atoms with Crippen LogP contribution in [0, 0.1) is 0 Å². The summed E-state index contributed by atoms with van der Waals surface area (Å²) in [6.45, 7) is 2.21. The van der Waals surface area contributed by atoms with Crippen LogP contribution in [0.15, 0.2) is 77.8 Å². The SMILES string of the molecule is CCOC(=O)c1ccc(N=C2S[C@H](C(=O)Nc3ccccc3Cl)CC(=O)N2Cc2ccccc2Cl)cc1. The van der Waals surface area contributed by atoms with Gasteiger partial charge in [0.15, 0.2) is 5.17 Å². The van der Waals surface area contributed by atoms with Crippen LogP contribution in [0.4, 0.5) is 11.4 Å². The number of nitrogens with one attached hydrogen (secondary N) is 1. The predicted molar refractivity (Wildman–Crippen MR) is 148 cm³/mol. The molecule has 0 bridgehead atoms. The summed E-state index contributed by atoms with van der Waals surface area (Å²) < 4.78 is 5.03. The number of ether oxygens (including phenoxy) is 1. The second-order valence-electron chi connectivity index (χ2n) is 8.01. The minimum atomic E-state index is -0.719. The van der Waals surface area contributed by atoms with E-state index in [4.69, 9.17) is 27.9 Å². The fourth-order valence-corrected chi connectivity index (χ4v) is 5.04. The molecule has 0 aliphatic carbocycles. The van der Waals surface area contributed by atoms with Crippen molar-refractivity contribution in [1.29, 1.82) is 0 Å². The smallest absolute Gasteiger partial charge is 0.338 e. The van der Waals surface area contributed by atoms with E-state index in [1.807, 2.05) is 18.2 Å². The van der Waals surface area contributed by atoms with Crippen LogP contribution in [0.1, 0.15) is 29.3 Å². The van der Waals surface area contributed by atoms with E-state index in [1.165, 1.54) is 16.7 Å². The summed E-state index contributed by atoms with van der Waals surface area (Å²) in [6.07, 6.45) is -0.0216. The number of hydrogen-bond acceptors (Lipinski definition) is 6. The van der Waals surface area contributed by atoms with Crippen LogP contribution in [-0.2, 0) is 20.9 Å². The molecule has 0 saturated carbocycles. The van der Waals surface area contributed by atoms with E-state index >= 15 is 0 Å². The molecule has 1 aliphatic heterocycles. The van der Waals surface area contributed by atoms with E-state index in [-0.39, 0.29) is 31.4 Å². The molecule has 0 spiro atoms. The number of amides is 2. The third-order valence-corrected chi connectivity index (χ3v) is 7.34. The van der Waals surface area contributed by atoms with Crippen molar-refractivity contribution in [1.82, 2.24) is 4.90 Å². The molecule has 0 radical (unpaired) electrons. The van der Waals surface area contributed by atoms with E-state index in [2.05, 4.69) is 10.3 Å². The molecular formula is C27H23Cl2N3O4S. The van der Waals surface area contributed by atoms with Gasteiger partial charge in [-0.1, -0.05) is 65.3 Å². The Morgan fingerprint density at radius 3 is 2.38 bits per heavy atom. The number of anilines is 1. The summed E-state index contributed by atoms with van der Waals surface area (Å²) in [7, 11) is 0. The standard InChI is InChI=1S/C27H23Cl2N3O4S/c1-2-36-26(35)17-11-13-19(14-12-17)30-27-32(16-18-7-3-4-8-20(18)28)24(33)15-23(37-27)25(34)31-22-10-6-5-9-21(22)29/h3-14,23H,2,15-16H2,1H3,(H,31,34)/t23-/m0/s1. The summed E-state index contributed by atoms with van der Waals surface area (Å²) in [5.41, 5.74) is 2.12. The number of thioether (sulfide) groups is 1. The molecule has 4 rings (SSSR count). The van der Waals surface area contributed by atoms with E-state index in [9.17, 15) is 14.4 Å². The largest absolute Gasteiger partial charge is 0.462 e. The van der Waals surface area contributed by atoms with E-state index in [1.54, 1.807) is 61.5 Å². The Morgan fingerprint density at radius 1 is 1.03 bits per heavy atom. The van der Waals surface area contributed by atoms with Crippen molar-refractivity contribution < 1.29 is 19.1 Å². The van der Waals surface area contributed by atoms with Gasteiger partial charge in [0.25, 0.3) is 0 Å². The number of amidine groups is 1. The zero-order chi connectivity index (χ0) is 26.4. The van der Waals surface area contributed by atoms with Crippen LogP contribution in [0.5, 0.6) is 0 Å². The molecule has 0 unspecified atom stereocenters. The molecule has 1 N–H and O–H groups in total. The highest BCUT2D eigenvalue weighted by molar-refractivity contribution is 8.15. The molecule has 190 valence electrons. The van der Waals surface area contributed by atoms with Gasteiger partial charge in [-0.05, 0) is 55.0 Å². The first-order valence-electron chi connectivity index (χ1n) is 11.5. The summed E-state index contributed by atoms with van der Waals surface area (Å²) in [4.78, 5) is 44.5. The Morgan fingerprint density at radius 2 is 1.70 bits per heavy atom. The summed E-state index contributed by atoms with van der Waals surface area (Å²) in [6, 6.07) is 20.7. The average Bonchev–Trinajstić information content (AvgIpc) is 2.89. The van der Waals surface area contributed by atoms with Gasteiger partial charge in [0.1, 0.15) is 5.25 Å². The third kappa shape index (κ3) is 6.71. The first kappa shape index (κ1) is 26.7. The van der Waals surface area contributed by atoms with Crippen molar-refractivity contribution >= 4 is 69.3 Å². The zero-order valence-electron chi connectivity index (χ0n) is 19.8. The number of halogens is 2. The van der Waals surface area contributed by atoms with Crippen molar-refractivity contribution in [2.45, 2.75) is 25.1 Å². The van der Waals surface area contributed by atoms with Gasteiger partial charge in [-0.25, -0.2) is 9.79 Å². The van der Waals surface area contributed by atoms with Crippen LogP contribution < -0.4 is 5.32 Å². The van der Waals surface area contributed by atoms with Gasteiger partial charge in [-0.2, -0.15) is 0 Å². The maximum absolute atomic E-state index is 13.3. The number of hydrogen-bond donors (Lipinski definition) is 1. The molecule has 1 saturated heterocycles. The van der Waals surface area contributed by atoms with Crippen molar-refractivity contribution in [3.8, 4) is 0 Å². The van der Waals surface area contributed by atoms with Gasteiger partial charge in [-0.3, -0.25) is 14.5 Å². The zero-order valence-corrected chi connectivity index (χ0v) is 22.1. The number of esters is 1. The maximum atomic E-state index is 13.3. The van der Waals surface area contributed by atoms with Crippen LogP contribution in [0.25, 0.3) is 0 Å². The topological polar surface area (TPSA) is 88.1 Å². The summed E-state index contributed by atoms with van der Waals surface area (Å²) in [5.74, 6) is -1.05. The highest BCUT2D eigenvalue weighted by atomic mass is 35.5. The van der Waals surface area contributed by atoms with Gasteiger partial charge >= 0.3 is 5.97 Å². The Bertz CT molecular complexity index is 1350. The predicted octanol–water partition coefficient (Wildman–Crippen LogP) is 6.33. The number of carbonyl (C=O) groups excluding carboxylic acids is 3.